The molecule has 0 spiro atoms. The Morgan fingerprint density at radius 2 is 2.31 bits per heavy atom. The molecule has 0 bridgehead atoms. The van der Waals surface area contributed by atoms with Crippen LogP contribution in [0.3, 0.4) is 0 Å². The van der Waals surface area contributed by atoms with E-state index in [2.05, 4.69) is 0 Å². The summed E-state index contributed by atoms with van der Waals surface area (Å²) in [6.07, 6.45) is 0.302. The molecule has 0 aliphatic carbocycles. The molecular weight excluding hydrogens is 206 g/mol. The molecule has 1 fully saturated rings. The second-order valence-corrected chi connectivity index (χ2v) is 4.12. The number of phenolic OH excluding ortho intramolecular Hbond substituents is 1. The highest BCUT2D eigenvalue weighted by Crippen LogP contribution is 2.17. The number of carbonyl (C=O) groups excluding carboxylic acids is 1. The van der Waals surface area contributed by atoms with E-state index in [4.69, 9.17) is 10.5 Å². The average Bonchev–Trinajstić information content (AvgIpc) is 2.64. The van der Waals surface area contributed by atoms with Crippen LogP contribution in [-0.4, -0.2) is 30.1 Å². The molecule has 3 N–H and O–H groups in total. The molecule has 0 amide bonds. The van der Waals surface area contributed by atoms with Crippen molar-refractivity contribution in [2.24, 2.45) is 11.7 Å². The molecule has 16 heavy (non-hydrogen) atoms. The van der Waals surface area contributed by atoms with Crippen LogP contribution in [0.1, 0.15) is 5.56 Å². The highest BCUT2D eigenvalue weighted by atomic mass is 16.5. The highest BCUT2D eigenvalue weighted by Gasteiger charge is 2.30. The maximum atomic E-state index is 11.9. The zero-order valence-corrected chi connectivity index (χ0v) is 8.93. The van der Waals surface area contributed by atoms with Gasteiger partial charge in [-0.1, -0.05) is 12.1 Å². The van der Waals surface area contributed by atoms with Crippen LogP contribution in [0, 0.1) is 5.92 Å². The van der Waals surface area contributed by atoms with E-state index in [1.807, 2.05) is 6.07 Å². The standard InChI is InChI=1S/C12H15NO3/c13-11-7-16-6-10(11)12(15)5-8-2-1-3-9(14)4-8/h1-4,10-11,14H,5-7,13H2. The third kappa shape index (κ3) is 2.40. The number of rotatable bonds is 3. The van der Waals surface area contributed by atoms with Gasteiger partial charge in [-0.05, 0) is 17.7 Å². The summed E-state index contributed by atoms with van der Waals surface area (Å²) in [6.45, 7) is 0.870. The molecule has 1 aromatic carbocycles. The number of carbonyl (C=O) groups is 1. The summed E-state index contributed by atoms with van der Waals surface area (Å²) in [5.41, 5.74) is 6.58. The number of Topliss-reactive ketones (excluding diaryl/α,β-unsaturated/α-hetero) is 1. The van der Waals surface area contributed by atoms with Crippen LogP contribution in [0.15, 0.2) is 24.3 Å². The van der Waals surface area contributed by atoms with Crippen LogP contribution < -0.4 is 5.73 Å². The Morgan fingerprint density at radius 3 is 2.94 bits per heavy atom. The van der Waals surface area contributed by atoms with Gasteiger partial charge in [-0.25, -0.2) is 0 Å². The van der Waals surface area contributed by atoms with E-state index >= 15 is 0 Å². The van der Waals surface area contributed by atoms with Gasteiger partial charge in [0.1, 0.15) is 11.5 Å². The summed E-state index contributed by atoms with van der Waals surface area (Å²) in [5.74, 6) is 0.0511. The molecule has 2 atom stereocenters. The first-order valence-electron chi connectivity index (χ1n) is 5.31. The predicted octanol–water partition coefficient (Wildman–Crippen LogP) is 0.477. The molecular formula is C12H15NO3. The highest BCUT2D eigenvalue weighted by molar-refractivity contribution is 5.84. The number of hydrogen-bond donors (Lipinski definition) is 2. The van der Waals surface area contributed by atoms with Gasteiger partial charge in [0.15, 0.2) is 0 Å². The van der Waals surface area contributed by atoms with Gasteiger partial charge in [0.25, 0.3) is 0 Å². The molecule has 1 heterocycles. The lowest BCUT2D eigenvalue weighted by Crippen LogP contribution is -2.34. The Bertz CT molecular complexity index is 392. The smallest absolute Gasteiger partial charge is 0.144 e. The number of benzene rings is 1. The van der Waals surface area contributed by atoms with Crippen molar-refractivity contribution in [2.45, 2.75) is 12.5 Å². The van der Waals surface area contributed by atoms with Crippen molar-refractivity contribution in [3.63, 3.8) is 0 Å². The first-order chi connectivity index (χ1) is 7.66. The summed E-state index contributed by atoms with van der Waals surface area (Å²) in [6, 6.07) is 6.53. The molecule has 4 nitrogen and oxygen atoms in total. The van der Waals surface area contributed by atoms with E-state index < -0.39 is 0 Å². The molecule has 1 aliphatic heterocycles. The Hall–Kier alpha value is -1.39. The van der Waals surface area contributed by atoms with Crippen molar-refractivity contribution >= 4 is 5.78 Å². The van der Waals surface area contributed by atoms with E-state index in [-0.39, 0.29) is 23.5 Å². The second-order valence-electron chi connectivity index (χ2n) is 4.12. The van der Waals surface area contributed by atoms with Gasteiger partial charge >= 0.3 is 0 Å². The topological polar surface area (TPSA) is 72.5 Å². The van der Waals surface area contributed by atoms with Crippen LogP contribution in [-0.2, 0) is 16.0 Å². The molecule has 0 radical (unpaired) electrons. The maximum Gasteiger partial charge on any atom is 0.144 e. The molecule has 2 unspecified atom stereocenters. The number of nitrogens with two attached hydrogens (primary N) is 1. The van der Waals surface area contributed by atoms with Crippen LogP contribution >= 0.6 is 0 Å². The lowest BCUT2D eigenvalue weighted by molar-refractivity contribution is -0.122. The van der Waals surface area contributed by atoms with E-state index in [1.165, 1.54) is 0 Å². The molecule has 2 rings (SSSR count). The van der Waals surface area contributed by atoms with Gasteiger partial charge in [0, 0.05) is 12.5 Å². The van der Waals surface area contributed by atoms with Gasteiger partial charge < -0.3 is 15.6 Å². The minimum Gasteiger partial charge on any atom is -0.508 e. The summed E-state index contributed by atoms with van der Waals surface area (Å²) >= 11 is 0. The monoisotopic (exact) mass is 221 g/mol. The van der Waals surface area contributed by atoms with E-state index in [0.29, 0.717) is 19.6 Å². The first kappa shape index (κ1) is 11.1. The van der Waals surface area contributed by atoms with Gasteiger partial charge in [-0.3, -0.25) is 4.79 Å². The van der Waals surface area contributed by atoms with Gasteiger partial charge in [0.05, 0.1) is 19.1 Å². The SMILES string of the molecule is NC1COCC1C(=O)Cc1cccc(O)c1. The van der Waals surface area contributed by atoms with Gasteiger partial charge in [-0.15, -0.1) is 0 Å². The van der Waals surface area contributed by atoms with E-state index in [0.717, 1.165) is 5.56 Å². The van der Waals surface area contributed by atoms with Crippen molar-refractivity contribution in [2.75, 3.05) is 13.2 Å². The number of aromatic hydroxyl groups is 1. The van der Waals surface area contributed by atoms with E-state index in [1.54, 1.807) is 18.2 Å². The fraction of sp³-hybridized carbons (Fsp3) is 0.417. The van der Waals surface area contributed by atoms with Gasteiger partial charge in [0.2, 0.25) is 0 Å². The Kier molecular flexibility index (Phi) is 3.22. The third-order valence-corrected chi connectivity index (χ3v) is 2.83. The summed E-state index contributed by atoms with van der Waals surface area (Å²) in [5, 5.41) is 9.28. The Morgan fingerprint density at radius 1 is 1.50 bits per heavy atom. The van der Waals surface area contributed by atoms with Crippen molar-refractivity contribution in [1.82, 2.24) is 0 Å². The lowest BCUT2D eigenvalue weighted by atomic mass is 9.94. The zero-order valence-electron chi connectivity index (χ0n) is 8.93. The predicted molar refractivity (Wildman–Crippen MR) is 59.1 cm³/mol. The van der Waals surface area contributed by atoms with Crippen molar-refractivity contribution in [1.29, 1.82) is 0 Å². The number of ether oxygens (including phenoxy) is 1. The van der Waals surface area contributed by atoms with Crippen LogP contribution in [0.4, 0.5) is 0 Å². The van der Waals surface area contributed by atoms with Crippen LogP contribution in [0.25, 0.3) is 0 Å². The fourth-order valence-electron chi connectivity index (χ4n) is 1.90. The van der Waals surface area contributed by atoms with Crippen molar-refractivity contribution in [3.05, 3.63) is 29.8 Å². The van der Waals surface area contributed by atoms with Crippen LogP contribution in [0.2, 0.25) is 0 Å². The summed E-state index contributed by atoms with van der Waals surface area (Å²) in [4.78, 5) is 11.9. The number of phenols is 1. The molecule has 86 valence electrons. The molecule has 0 saturated carbocycles. The first-order valence-corrected chi connectivity index (χ1v) is 5.31. The minimum atomic E-state index is -0.206. The van der Waals surface area contributed by atoms with Gasteiger partial charge in [-0.2, -0.15) is 0 Å². The number of ketones is 1. The summed E-state index contributed by atoms with van der Waals surface area (Å²) in [7, 11) is 0. The largest absolute Gasteiger partial charge is 0.508 e. The fourth-order valence-corrected chi connectivity index (χ4v) is 1.90. The average molecular weight is 221 g/mol. The Labute approximate surface area is 94.0 Å². The zero-order chi connectivity index (χ0) is 11.5. The number of hydrogen-bond acceptors (Lipinski definition) is 4. The van der Waals surface area contributed by atoms with E-state index in [9.17, 15) is 9.90 Å². The normalized spacial score (nSPS) is 24.6. The molecule has 1 saturated heterocycles. The summed E-state index contributed by atoms with van der Waals surface area (Å²) < 4.78 is 5.16. The quantitative estimate of drug-likeness (QED) is 0.778. The second kappa shape index (κ2) is 4.63. The van der Waals surface area contributed by atoms with Crippen molar-refractivity contribution < 1.29 is 14.6 Å². The molecule has 4 heteroatoms. The minimum absolute atomic E-state index is 0.0793. The lowest BCUT2D eigenvalue weighted by Gasteiger charge is -2.11. The Balaban J connectivity index is 2.02. The molecule has 1 aliphatic rings. The van der Waals surface area contributed by atoms with Crippen molar-refractivity contribution in [3.8, 4) is 5.75 Å². The molecule has 1 aromatic rings. The molecule has 0 aromatic heterocycles. The van der Waals surface area contributed by atoms with Crippen LogP contribution in [0.5, 0.6) is 5.75 Å². The third-order valence-electron chi connectivity index (χ3n) is 2.83. The maximum absolute atomic E-state index is 11.9.